The van der Waals surface area contributed by atoms with Crippen LogP contribution in [-0.4, -0.2) is 0 Å². The van der Waals surface area contributed by atoms with E-state index in [1.54, 1.807) is 18.2 Å². The molecule has 0 saturated heterocycles. The number of allylic oxidation sites excluding steroid dienone is 23. The van der Waals surface area contributed by atoms with Crippen LogP contribution in [0.15, 0.2) is 222 Å². The van der Waals surface area contributed by atoms with E-state index in [1.807, 2.05) is 145 Å². The number of benzene rings is 11. The first-order chi connectivity index (χ1) is 61.7. The van der Waals surface area contributed by atoms with E-state index in [0.29, 0.717) is 0 Å². The fourth-order valence-electron chi connectivity index (χ4n) is 17.9. The van der Waals surface area contributed by atoms with Crippen molar-refractivity contribution in [2.24, 2.45) is 5.92 Å². The molecule has 7 aliphatic rings. The Bertz CT molecular complexity index is 6060. The summed E-state index contributed by atoms with van der Waals surface area (Å²) < 4.78 is 0. The van der Waals surface area contributed by atoms with Crippen molar-refractivity contribution < 1.29 is 131 Å². The van der Waals surface area contributed by atoms with Crippen LogP contribution in [0.5, 0.6) is 0 Å². The van der Waals surface area contributed by atoms with Crippen molar-refractivity contribution in [3.05, 3.63) is 384 Å². The summed E-state index contributed by atoms with van der Waals surface area (Å²) in [4.78, 5) is 0. The number of hydrogen-bond acceptors (Lipinski definition) is 0. The predicted octanol–water partition coefficient (Wildman–Crippen LogP) is 39.3. The Hall–Kier alpha value is -6.63. The van der Waals surface area contributed by atoms with E-state index < -0.39 is 0 Å². The van der Waals surface area contributed by atoms with Crippen molar-refractivity contribution in [1.29, 1.82) is 0 Å². The van der Waals surface area contributed by atoms with Gasteiger partial charge in [-0.2, -0.15) is 34.8 Å². The van der Waals surface area contributed by atoms with Crippen LogP contribution in [0.1, 0.15) is 323 Å². The van der Waals surface area contributed by atoms with Gasteiger partial charge in [-0.15, -0.1) is 51.4 Å². The zero-order valence-corrected chi connectivity index (χ0v) is 99.1. The second-order valence-corrected chi connectivity index (χ2v) is 30.0. The van der Waals surface area contributed by atoms with Crippen LogP contribution in [0, 0.1) is 126 Å². The molecule has 4 radical (unpaired) electrons. The van der Waals surface area contributed by atoms with Crippen LogP contribution in [0.25, 0.3) is 110 Å². The van der Waals surface area contributed by atoms with Gasteiger partial charge in [0, 0.05) is 131 Å². The summed E-state index contributed by atoms with van der Waals surface area (Å²) in [5.41, 5.74) is 45.6. The molecule has 0 aromatic heterocycles. The SMILES string of the molecule is CC.CC.CC.CC.CC.CC.CC.CC.CC.CC.CCC1=C(C)c2ccccc2-c2cc(C)c(C)c3cccc1c23.[CH-]=CC1=[C-]C(C)=C(CC)c2cccc3c(C)c(C)cc1c23.[CH-]=CC1=[C-]C2=C(C=CC2)c2cccc3c(C)c(C)cc1c23.[CH-]=CC1=[C-]c2cc(C)c(C)c3cccc(c23)C2=C1CC=C2.[CH-]=CC1[CH-]c2cc(C)c(C)c3cccc(c23)C(CC)=C1C.[Y].[Y].[Y].[Y]. The summed E-state index contributed by atoms with van der Waals surface area (Å²) in [5, 5.41) is 13.5. The molecule has 0 bridgehead atoms. The number of fused-ring (bicyclic) bond motifs is 4. The third-order valence-corrected chi connectivity index (χ3v) is 24.3. The van der Waals surface area contributed by atoms with Gasteiger partial charge in [0.25, 0.3) is 0 Å². The second kappa shape index (κ2) is 62.2. The van der Waals surface area contributed by atoms with Crippen molar-refractivity contribution >= 4 is 98.4 Å². The topological polar surface area (TPSA) is 0 Å². The molecule has 0 saturated carbocycles. The molecule has 0 N–H and O–H groups in total. The molecule has 0 fully saturated rings. The van der Waals surface area contributed by atoms with Crippen LogP contribution >= 0.6 is 0 Å². The molecular weight excluding hydrogens is 1880 g/mol. The van der Waals surface area contributed by atoms with Gasteiger partial charge in [0.2, 0.25) is 0 Å². The number of aryl methyl sites for hydroxylation is 10. The van der Waals surface area contributed by atoms with Gasteiger partial charge in [0.05, 0.1) is 0 Å². The Morgan fingerprint density at radius 3 is 1.11 bits per heavy atom. The van der Waals surface area contributed by atoms with Gasteiger partial charge in [-0.1, -0.05) is 431 Å². The van der Waals surface area contributed by atoms with Crippen LogP contribution in [0.3, 0.4) is 0 Å². The molecule has 4 heteroatoms. The maximum Gasteiger partial charge on any atom is 0 e. The molecular formula is C127H156Y4-8. The van der Waals surface area contributed by atoms with Gasteiger partial charge >= 0.3 is 0 Å². The van der Waals surface area contributed by atoms with Crippen molar-refractivity contribution in [2.75, 3.05) is 0 Å². The molecule has 0 spiro atoms. The molecule has 131 heavy (non-hydrogen) atoms. The molecule has 1 atom stereocenters. The smallest absolute Gasteiger partial charge is 0 e. The molecule has 0 aliphatic heterocycles. The molecule has 1 unspecified atom stereocenters. The molecule has 11 aromatic carbocycles. The van der Waals surface area contributed by atoms with E-state index in [1.165, 1.54) is 226 Å². The third-order valence-electron chi connectivity index (χ3n) is 24.3. The van der Waals surface area contributed by atoms with E-state index in [9.17, 15) is 0 Å². The minimum Gasteiger partial charge on any atom is -0.518 e. The Morgan fingerprint density at radius 1 is 0.321 bits per heavy atom. The minimum atomic E-state index is 0. The molecule has 7 aliphatic carbocycles. The summed E-state index contributed by atoms with van der Waals surface area (Å²) in [5.74, 6) is 0.220. The van der Waals surface area contributed by atoms with E-state index in [4.69, 9.17) is 26.3 Å². The monoisotopic (exact) mass is 2040 g/mol. The van der Waals surface area contributed by atoms with Gasteiger partial charge < -0.3 is 38.5 Å². The molecule has 11 aromatic rings. The fraction of sp³-hybridized carbons (Fsp3) is 0.331. The largest absolute Gasteiger partial charge is 0.518 e. The average Bonchev–Trinajstić information content (AvgIpc) is 1.67. The molecule has 0 nitrogen and oxygen atoms in total. The van der Waals surface area contributed by atoms with Crippen LogP contribution in [0.2, 0.25) is 0 Å². The normalized spacial score (nSPS) is 13.0. The van der Waals surface area contributed by atoms with Crippen molar-refractivity contribution in [3.63, 3.8) is 0 Å². The zero-order chi connectivity index (χ0) is 95.5. The Balaban J connectivity index is 0.00000152. The quantitative estimate of drug-likeness (QED) is 0.140. The molecule has 18 rings (SSSR count). The van der Waals surface area contributed by atoms with E-state index >= 15 is 0 Å². The fourth-order valence-corrected chi connectivity index (χ4v) is 17.9. The predicted molar refractivity (Wildman–Crippen MR) is 577 cm³/mol. The number of rotatable bonds is 7. The maximum atomic E-state index is 5.92. The van der Waals surface area contributed by atoms with Crippen molar-refractivity contribution in [1.82, 2.24) is 0 Å². The number of hydrogen-bond donors (Lipinski definition) is 0. The standard InChI is InChI=1S/C23H22.2C21H16.C21H20.C21H22.10C2H6.4Y/c1-5-17-16(4)18-9-6-7-10-20(18)22-13-14(2)15(3)19-11-8-12-21(17)23(19)22;1-4-15-12-16-11-13(2)14(3)17-7-5-10-20(21(16)17)19-9-6-8-18(15)19;1-4-15-12-16-7-5-9-18(16)19-10-6-8-17-14(3)13(2)11-20(15)21(17)19;1-6-16-11-14(4)17(7-2)19-10-8-9-18-15(5)13(3)12-20(16)21(18)19;1-6-16-12-17-11-13(3)14(4)19-9-8-10-20(21(17)19)18(7-2)15(16)5;10*1-2;;;;/h6-13H,5H2,1-4H3;1,4-7,9-11H,8H2,2-3H3;1,4-6,8-11H,7H2,2-3H3;1,6,8-10,12H,7H2,2-5H3;1,6,8-12,16H,7H2,2-5H3;10*1-2H3;;;;/q;4*-2;;;;;;;;;;;;;;. The van der Waals surface area contributed by atoms with Gasteiger partial charge in [0.15, 0.2) is 0 Å². The van der Waals surface area contributed by atoms with Crippen LogP contribution in [-0.2, 0) is 131 Å². The van der Waals surface area contributed by atoms with Gasteiger partial charge in [-0.3, -0.25) is 28.9 Å². The van der Waals surface area contributed by atoms with Crippen LogP contribution < -0.4 is 0 Å². The average molecular weight is 2040 g/mol. The summed E-state index contributed by atoms with van der Waals surface area (Å²) in [6.45, 7) is 98.9. The van der Waals surface area contributed by atoms with Crippen LogP contribution in [0.4, 0.5) is 0 Å². The summed E-state index contributed by atoms with van der Waals surface area (Å²) >= 11 is 0. The minimum absolute atomic E-state index is 0. The Morgan fingerprint density at radius 2 is 0.664 bits per heavy atom. The Kier molecular flexibility index (Phi) is 59.0. The summed E-state index contributed by atoms with van der Waals surface area (Å²) in [6.07, 6.45) is 33.6. The molecule has 684 valence electrons. The second-order valence-electron chi connectivity index (χ2n) is 30.0. The van der Waals surface area contributed by atoms with E-state index in [0.717, 1.165) is 54.4 Å². The Labute approximate surface area is 901 Å². The zero-order valence-electron chi connectivity index (χ0n) is 87.8. The first-order valence-electron chi connectivity index (χ1n) is 48.3. The van der Waals surface area contributed by atoms with Gasteiger partial charge in [0.1, 0.15) is 0 Å². The third kappa shape index (κ3) is 26.8. The molecule has 0 amide bonds. The van der Waals surface area contributed by atoms with E-state index in [2.05, 4.69) is 305 Å². The summed E-state index contributed by atoms with van der Waals surface area (Å²) in [7, 11) is 0. The van der Waals surface area contributed by atoms with Crippen molar-refractivity contribution in [2.45, 2.75) is 281 Å². The van der Waals surface area contributed by atoms with Gasteiger partial charge in [-0.25, -0.2) is 18.2 Å². The van der Waals surface area contributed by atoms with E-state index in [-0.39, 0.29) is 137 Å². The summed E-state index contributed by atoms with van der Waals surface area (Å²) in [6, 6.07) is 53.5. The van der Waals surface area contributed by atoms with Crippen molar-refractivity contribution in [3.8, 4) is 11.1 Å². The first-order valence-corrected chi connectivity index (χ1v) is 48.3. The van der Waals surface area contributed by atoms with Gasteiger partial charge in [-0.05, 0) is 178 Å². The first kappa shape index (κ1) is 124. The molecule has 0 heterocycles. The maximum absolute atomic E-state index is 5.92.